The van der Waals surface area contributed by atoms with Crippen molar-refractivity contribution in [3.8, 4) is 0 Å². The maximum absolute atomic E-state index is 12.0. The van der Waals surface area contributed by atoms with E-state index in [-0.39, 0.29) is 18.3 Å². The van der Waals surface area contributed by atoms with Gasteiger partial charge in [0.05, 0.1) is 6.33 Å². The summed E-state index contributed by atoms with van der Waals surface area (Å²) in [6.45, 7) is 3.78. The van der Waals surface area contributed by atoms with Crippen LogP contribution in [0.5, 0.6) is 0 Å². The van der Waals surface area contributed by atoms with Gasteiger partial charge in [-0.3, -0.25) is 4.79 Å². The van der Waals surface area contributed by atoms with E-state index in [2.05, 4.69) is 22.5 Å². The summed E-state index contributed by atoms with van der Waals surface area (Å²) < 4.78 is 1.75. The molecule has 0 saturated heterocycles. The monoisotopic (exact) mass is 294 g/mol. The van der Waals surface area contributed by atoms with Crippen molar-refractivity contribution < 1.29 is 4.79 Å². The molecule has 0 radical (unpaired) electrons. The fourth-order valence-electron chi connectivity index (χ4n) is 1.75. The summed E-state index contributed by atoms with van der Waals surface area (Å²) in [5.41, 5.74) is 2.34. The van der Waals surface area contributed by atoms with Crippen LogP contribution in [0.25, 0.3) is 0 Å². The third-order valence-electron chi connectivity index (χ3n) is 2.70. The molecule has 0 aliphatic heterocycles. The highest BCUT2D eigenvalue weighted by molar-refractivity contribution is 6.02. The first-order valence-electron chi connectivity index (χ1n) is 6.28. The molecule has 1 heterocycles. The lowest BCUT2D eigenvalue weighted by Gasteiger charge is -2.06. The zero-order chi connectivity index (χ0) is 13.7. The van der Waals surface area contributed by atoms with E-state index in [1.165, 1.54) is 0 Å². The lowest BCUT2D eigenvalue weighted by atomic mass is 10.2. The molecule has 6 heteroatoms. The predicted octanol–water partition coefficient (Wildman–Crippen LogP) is 2.20. The Kier molecular flexibility index (Phi) is 6.21. The van der Waals surface area contributed by atoms with Gasteiger partial charge in [0.25, 0.3) is 5.91 Å². The van der Waals surface area contributed by atoms with Crippen molar-refractivity contribution in [1.82, 2.24) is 14.9 Å². The van der Waals surface area contributed by atoms with Crippen LogP contribution in [0, 0.1) is 0 Å². The Labute approximate surface area is 124 Å². The Morgan fingerprint density at radius 1 is 1.40 bits per heavy atom. The summed E-state index contributed by atoms with van der Waals surface area (Å²) in [7, 11) is 1.83. The first-order valence-corrected chi connectivity index (χ1v) is 6.28. The quantitative estimate of drug-likeness (QED) is 0.889. The highest BCUT2D eigenvalue weighted by Crippen LogP contribution is 2.11. The number of rotatable bonds is 5. The molecule has 0 fully saturated rings. The molecular weight excluding hydrogens is 276 g/mol. The van der Waals surface area contributed by atoms with Gasteiger partial charge < -0.3 is 15.2 Å². The number of nitrogens with zero attached hydrogens (tertiary/aromatic N) is 2. The Morgan fingerprint density at radius 2 is 2.20 bits per heavy atom. The SMILES string of the molecule is CCNCc1cccc(NC(=O)c2cn(C)cn2)c1.Cl. The van der Waals surface area contributed by atoms with Gasteiger partial charge in [-0.2, -0.15) is 0 Å². The Hall–Kier alpha value is -1.85. The minimum Gasteiger partial charge on any atom is -0.340 e. The number of carbonyl (C=O) groups excluding carboxylic acids is 1. The molecule has 20 heavy (non-hydrogen) atoms. The van der Waals surface area contributed by atoms with E-state index in [9.17, 15) is 4.79 Å². The van der Waals surface area contributed by atoms with E-state index in [1.54, 1.807) is 17.1 Å². The van der Waals surface area contributed by atoms with Crippen molar-refractivity contribution in [3.05, 3.63) is 48.0 Å². The average Bonchev–Trinajstić information content (AvgIpc) is 2.83. The second-order valence-corrected chi connectivity index (χ2v) is 4.36. The van der Waals surface area contributed by atoms with E-state index in [0.29, 0.717) is 5.69 Å². The molecule has 2 rings (SSSR count). The molecule has 0 unspecified atom stereocenters. The molecule has 5 nitrogen and oxygen atoms in total. The lowest BCUT2D eigenvalue weighted by molar-refractivity contribution is 0.102. The molecular formula is C14H19ClN4O. The third-order valence-corrected chi connectivity index (χ3v) is 2.70. The molecule has 0 aliphatic carbocycles. The van der Waals surface area contributed by atoms with Gasteiger partial charge in [0, 0.05) is 25.5 Å². The summed E-state index contributed by atoms with van der Waals surface area (Å²) in [5.74, 6) is -0.193. The van der Waals surface area contributed by atoms with Crippen LogP contribution in [0.1, 0.15) is 23.0 Å². The number of benzene rings is 1. The number of halogens is 1. The van der Waals surface area contributed by atoms with Crippen molar-refractivity contribution in [2.45, 2.75) is 13.5 Å². The molecule has 2 aromatic rings. The Bertz CT molecular complexity index is 568. The number of imidazole rings is 1. The van der Waals surface area contributed by atoms with E-state index >= 15 is 0 Å². The predicted molar refractivity (Wildman–Crippen MR) is 82.2 cm³/mol. The Balaban J connectivity index is 0.00000200. The van der Waals surface area contributed by atoms with Crippen LogP contribution in [0.3, 0.4) is 0 Å². The zero-order valence-corrected chi connectivity index (χ0v) is 12.4. The number of aryl methyl sites for hydroxylation is 1. The minimum absolute atomic E-state index is 0. The molecule has 108 valence electrons. The molecule has 0 aliphatic rings. The van der Waals surface area contributed by atoms with Crippen molar-refractivity contribution in [2.75, 3.05) is 11.9 Å². The van der Waals surface area contributed by atoms with Crippen LogP contribution >= 0.6 is 12.4 Å². The number of anilines is 1. The second kappa shape index (κ2) is 7.67. The number of hydrogen-bond acceptors (Lipinski definition) is 3. The maximum atomic E-state index is 12.0. The van der Waals surface area contributed by atoms with Gasteiger partial charge in [-0.1, -0.05) is 19.1 Å². The average molecular weight is 295 g/mol. The molecule has 0 saturated carbocycles. The van der Waals surface area contributed by atoms with Crippen molar-refractivity contribution in [1.29, 1.82) is 0 Å². The van der Waals surface area contributed by atoms with Crippen molar-refractivity contribution >= 4 is 24.0 Å². The number of aromatic nitrogens is 2. The van der Waals surface area contributed by atoms with Gasteiger partial charge >= 0.3 is 0 Å². The fraction of sp³-hybridized carbons (Fsp3) is 0.286. The third kappa shape index (κ3) is 4.36. The highest BCUT2D eigenvalue weighted by atomic mass is 35.5. The van der Waals surface area contributed by atoms with Crippen molar-refractivity contribution in [3.63, 3.8) is 0 Å². The molecule has 2 N–H and O–H groups in total. The summed E-state index contributed by atoms with van der Waals surface area (Å²) in [6.07, 6.45) is 3.30. The summed E-state index contributed by atoms with van der Waals surface area (Å²) in [6, 6.07) is 7.79. The van der Waals surface area contributed by atoms with Crippen LogP contribution < -0.4 is 10.6 Å². The van der Waals surface area contributed by atoms with Crippen LogP contribution in [0.15, 0.2) is 36.8 Å². The molecule has 0 spiro atoms. The Morgan fingerprint density at radius 3 is 2.85 bits per heavy atom. The highest BCUT2D eigenvalue weighted by Gasteiger charge is 2.08. The van der Waals surface area contributed by atoms with Gasteiger partial charge in [0.2, 0.25) is 0 Å². The number of amides is 1. The van der Waals surface area contributed by atoms with E-state index in [4.69, 9.17) is 0 Å². The molecule has 0 atom stereocenters. The van der Waals surface area contributed by atoms with Gasteiger partial charge in [-0.25, -0.2) is 4.98 Å². The normalized spacial score (nSPS) is 9.90. The van der Waals surface area contributed by atoms with E-state index < -0.39 is 0 Å². The summed E-state index contributed by atoms with van der Waals surface area (Å²) >= 11 is 0. The van der Waals surface area contributed by atoms with Crippen LogP contribution in [0.4, 0.5) is 5.69 Å². The molecule has 1 aromatic carbocycles. The van der Waals surface area contributed by atoms with Crippen LogP contribution in [0.2, 0.25) is 0 Å². The maximum Gasteiger partial charge on any atom is 0.275 e. The van der Waals surface area contributed by atoms with Gasteiger partial charge in [0.1, 0.15) is 5.69 Å². The van der Waals surface area contributed by atoms with Crippen LogP contribution in [-0.4, -0.2) is 22.0 Å². The molecule has 0 bridgehead atoms. The fourth-order valence-corrected chi connectivity index (χ4v) is 1.75. The lowest BCUT2D eigenvalue weighted by Crippen LogP contribution is -2.14. The van der Waals surface area contributed by atoms with Gasteiger partial charge in [0.15, 0.2) is 0 Å². The van der Waals surface area contributed by atoms with Gasteiger partial charge in [-0.05, 0) is 24.2 Å². The first kappa shape index (κ1) is 16.2. The molecule has 1 amide bonds. The summed E-state index contributed by atoms with van der Waals surface area (Å²) in [5, 5.41) is 6.10. The summed E-state index contributed by atoms with van der Waals surface area (Å²) in [4.78, 5) is 16.0. The second-order valence-electron chi connectivity index (χ2n) is 4.36. The number of nitrogens with one attached hydrogen (secondary N) is 2. The number of hydrogen-bond donors (Lipinski definition) is 2. The first-order chi connectivity index (χ1) is 9.19. The van der Waals surface area contributed by atoms with E-state index in [0.717, 1.165) is 24.3 Å². The minimum atomic E-state index is -0.193. The number of carbonyl (C=O) groups is 1. The largest absolute Gasteiger partial charge is 0.340 e. The smallest absolute Gasteiger partial charge is 0.275 e. The topological polar surface area (TPSA) is 58.9 Å². The van der Waals surface area contributed by atoms with Crippen LogP contribution in [-0.2, 0) is 13.6 Å². The molecule has 1 aromatic heterocycles. The van der Waals surface area contributed by atoms with E-state index in [1.807, 2.05) is 31.3 Å². The zero-order valence-electron chi connectivity index (χ0n) is 11.6. The van der Waals surface area contributed by atoms with Gasteiger partial charge in [-0.15, -0.1) is 12.4 Å². The standard InChI is InChI=1S/C14H18N4O.ClH/c1-3-15-8-11-5-4-6-12(7-11)17-14(19)13-9-18(2)10-16-13;/h4-7,9-10,15H,3,8H2,1-2H3,(H,17,19);1H. The van der Waals surface area contributed by atoms with Crippen molar-refractivity contribution in [2.24, 2.45) is 7.05 Å².